The maximum Gasteiger partial charge on any atom is 0.229 e. The van der Waals surface area contributed by atoms with Crippen molar-refractivity contribution in [3.05, 3.63) is 0 Å². The van der Waals surface area contributed by atoms with E-state index in [1.807, 2.05) is 4.90 Å². The number of methoxy groups -OCH3 is 3. The van der Waals surface area contributed by atoms with E-state index in [9.17, 15) is 9.59 Å². The van der Waals surface area contributed by atoms with Crippen molar-refractivity contribution in [1.29, 1.82) is 0 Å². The van der Waals surface area contributed by atoms with Gasteiger partial charge in [-0.25, -0.2) is 0 Å². The Hall–Kier alpha value is -1.30. The first-order valence-corrected chi connectivity index (χ1v) is 16.4. The normalized spacial score (nSPS) is 40.1. The van der Waals surface area contributed by atoms with Crippen LogP contribution in [0, 0.1) is 23.7 Å². The van der Waals surface area contributed by atoms with Crippen LogP contribution in [0.2, 0.25) is 0 Å². The number of carbonyl (C=O) groups excluding carboxylic acids is 2. The first kappa shape index (κ1) is 31.1. The summed E-state index contributed by atoms with van der Waals surface area (Å²) < 4.78 is 16.9. The number of nitrogens with two attached hydrogens (primary N) is 1. The molecule has 2 saturated carbocycles. The van der Waals surface area contributed by atoms with E-state index in [1.165, 1.54) is 0 Å². The molecule has 41 heavy (non-hydrogen) atoms. The molecule has 8 atom stereocenters. The number of hydrogen-bond donors (Lipinski definition) is 3. The molecule has 2 aliphatic carbocycles. The van der Waals surface area contributed by atoms with Gasteiger partial charge in [-0.05, 0) is 95.3 Å². The molecule has 0 bridgehead atoms. The van der Waals surface area contributed by atoms with Crippen LogP contribution in [0.5, 0.6) is 0 Å². The molecule has 10 nitrogen and oxygen atoms in total. The minimum atomic E-state index is -0.419. The monoisotopic (exact) mass is 577 g/mol. The summed E-state index contributed by atoms with van der Waals surface area (Å²) >= 11 is 0. The molecule has 10 heteroatoms. The minimum absolute atomic E-state index is 0.000134. The fourth-order valence-corrected chi connectivity index (χ4v) is 8.45. The Morgan fingerprint density at radius 3 is 2.41 bits per heavy atom. The average molecular weight is 578 g/mol. The van der Waals surface area contributed by atoms with Crippen LogP contribution < -0.4 is 16.4 Å². The molecule has 3 saturated heterocycles. The lowest BCUT2D eigenvalue weighted by Crippen LogP contribution is -2.74. The van der Waals surface area contributed by atoms with E-state index in [-0.39, 0.29) is 42.3 Å². The summed E-state index contributed by atoms with van der Waals surface area (Å²) in [6, 6.07) is 0. The second-order valence-corrected chi connectivity index (χ2v) is 13.3. The quantitative estimate of drug-likeness (QED) is 0.362. The molecule has 4 N–H and O–H groups in total. The van der Waals surface area contributed by atoms with Gasteiger partial charge in [-0.2, -0.15) is 0 Å². The van der Waals surface area contributed by atoms with E-state index in [2.05, 4.69) is 15.5 Å². The van der Waals surface area contributed by atoms with E-state index in [0.29, 0.717) is 30.9 Å². The number of hydrogen-bond acceptors (Lipinski definition) is 8. The molecule has 2 amide bonds. The molecule has 0 radical (unpaired) electrons. The Labute approximate surface area is 246 Å². The first-order valence-electron chi connectivity index (χ1n) is 16.4. The zero-order chi connectivity index (χ0) is 28.9. The number of amides is 2. The summed E-state index contributed by atoms with van der Waals surface area (Å²) in [5.41, 5.74) is 6.94. The molecule has 0 aromatic rings. The van der Waals surface area contributed by atoms with Crippen molar-refractivity contribution in [3.63, 3.8) is 0 Å². The number of carbonyl (C=O) groups is 2. The first-order chi connectivity index (χ1) is 19.9. The molecule has 5 fully saturated rings. The molecule has 234 valence electrons. The van der Waals surface area contributed by atoms with Crippen LogP contribution >= 0.6 is 0 Å². The lowest BCUT2D eigenvalue weighted by molar-refractivity contribution is -0.162. The van der Waals surface area contributed by atoms with Crippen LogP contribution in [0.1, 0.15) is 83.5 Å². The number of nitrogens with one attached hydrogen (secondary N) is 2. The van der Waals surface area contributed by atoms with Gasteiger partial charge in [0.05, 0.1) is 48.6 Å². The minimum Gasteiger partial charge on any atom is -0.381 e. The van der Waals surface area contributed by atoms with Crippen molar-refractivity contribution >= 4 is 11.8 Å². The highest BCUT2D eigenvalue weighted by molar-refractivity contribution is 5.84. The number of fused-ring (bicyclic) bond motifs is 2. The molecule has 0 aromatic heterocycles. The van der Waals surface area contributed by atoms with Gasteiger partial charge in [0.15, 0.2) is 0 Å². The van der Waals surface area contributed by atoms with Crippen LogP contribution in [0.15, 0.2) is 0 Å². The topological polar surface area (TPSA) is 118 Å². The second-order valence-electron chi connectivity index (χ2n) is 13.3. The van der Waals surface area contributed by atoms with Gasteiger partial charge in [0, 0.05) is 41.0 Å². The van der Waals surface area contributed by atoms with Gasteiger partial charge in [0.25, 0.3) is 0 Å². The molecule has 8 unspecified atom stereocenters. The fourth-order valence-electron chi connectivity index (χ4n) is 8.45. The highest BCUT2D eigenvalue weighted by Gasteiger charge is 2.52. The predicted molar refractivity (Wildman–Crippen MR) is 156 cm³/mol. The SMILES string of the molecule is COC1CCC(CCNC(=O)C2CC3C(=O)N4CCCCC4NC3N(CCC3CCC(OC)C(OC)C3)C2N)CC1. The third kappa shape index (κ3) is 7.10. The molecule has 0 spiro atoms. The van der Waals surface area contributed by atoms with Gasteiger partial charge < -0.3 is 30.2 Å². The van der Waals surface area contributed by atoms with E-state index in [1.54, 1.807) is 21.3 Å². The average Bonchev–Trinajstić information content (AvgIpc) is 3.00. The van der Waals surface area contributed by atoms with Crippen molar-refractivity contribution in [2.45, 2.75) is 120 Å². The largest absolute Gasteiger partial charge is 0.381 e. The summed E-state index contributed by atoms with van der Waals surface area (Å²) in [6.07, 6.45) is 13.3. The number of rotatable bonds is 10. The highest BCUT2D eigenvalue weighted by atomic mass is 16.5. The number of likely N-dealkylation sites (tertiary alicyclic amines) is 1. The van der Waals surface area contributed by atoms with Crippen LogP contribution in [-0.2, 0) is 23.8 Å². The highest BCUT2D eigenvalue weighted by Crippen LogP contribution is 2.38. The Balaban J connectivity index is 1.23. The number of piperidine rings is 2. The fraction of sp³-hybridized carbons (Fsp3) is 0.935. The number of ether oxygens (including phenoxy) is 3. The smallest absolute Gasteiger partial charge is 0.229 e. The molecule has 0 aromatic carbocycles. The standard InChI is InChI=1S/C31H55N5O5/c1-39-22-10-7-20(8-11-22)13-15-33-30(37)23-19-24-29(34-27-6-4-5-16-35(27)31(24)38)36(28(23)32)17-14-21-9-12-25(40-2)26(18-21)41-3/h20-29,34H,4-19,32H2,1-3H3,(H,33,37). The van der Waals surface area contributed by atoms with Crippen molar-refractivity contribution in [3.8, 4) is 0 Å². The van der Waals surface area contributed by atoms with Gasteiger partial charge in [-0.3, -0.25) is 19.8 Å². The van der Waals surface area contributed by atoms with E-state index in [0.717, 1.165) is 90.1 Å². The van der Waals surface area contributed by atoms with Crippen molar-refractivity contribution in [2.75, 3.05) is 41.0 Å². The lowest BCUT2D eigenvalue weighted by Gasteiger charge is -2.55. The molecule has 3 aliphatic heterocycles. The van der Waals surface area contributed by atoms with Gasteiger partial charge in [-0.15, -0.1) is 0 Å². The maximum absolute atomic E-state index is 13.8. The summed E-state index contributed by atoms with van der Waals surface area (Å²) in [5.74, 6) is 0.684. The molecule has 3 heterocycles. The zero-order valence-electron chi connectivity index (χ0n) is 25.6. The van der Waals surface area contributed by atoms with Gasteiger partial charge in [0.2, 0.25) is 11.8 Å². The summed E-state index contributed by atoms with van der Waals surface area (Å²) in [5, 5.41) is 7.03. The van der Waals surface area contributed by atoms with Gasteiger partial charge in [-0.1, -0.05) is 0 Å². The van der Waals surface area contributed by atoms with Crippen LogP contribution in [0.25, 0.3) is 0 Å². The molecular formula is C31H55N5O5. The molecule has 5 rings (SSSR count). The summed E-state index contributed by atoms with van der Waals surface area (Å²) in [4.78, 5) is 31.7. The zero-order valence-corrected chi connectivity index (χ0v) is 25.6. The summed E-state index contributed by atoms with van der Waals surface area (Å²) in [6.45, 7) is 2.23. The molecular weight excluding hydrogens is 522 g/mol. The Kier molecular flexibility index (Phi) is 11.0. The van der Waals surface area contributed by atoms with E-state index >= 15 is 0 Å². The number of nitrogens with zero attached hydrogens (tertiary/aromatic N) is 2. The Morgan fingerprint density at radius 1 is 0.927 bits per heavy atom. The lowest BCUT2D eigenvalue weighted by atomic mass is 9.79. The maximum atomic E-state index is 13.8. The molecule has 5 aliphatic rings. The third-order valence-corrected chi connectivity index (χ3v) is 11.1. The van der Waals surface area contributed by atoms with Crippen LogP contribution in [0.3, 0.4) is 0 Å². The van der Waals surface area contributed by atoms with Gasteiger partial charge in [0.1, 0.15) is 0 Å². The van der Waals surface area contributed by atoms with Gasteiger partial charge >= 0.3 is 0 Å². The third-order valence-electron chi connectivity index (χ3n) is 11.1. The van der Waals surface area contributed by atoms with E-state index < -0.39 is 12.1 Å². The van der Waals surface area contributed by atoms with Crippen molar-refractivity contribution in [2.24, 2.45) is 29.4 Å². The van der Waals surface area contributed by atoms with Crippen molar-refractivity contribution in [1.82, 2.24) is 20.4 Å². The predicted octanol–water partition coefficient (Wildman–Crippen LogP) is 2.41. The second kappa shape index (κ2) is 14.4. The van der Waals surface area contributed by atoms with E-state index in [4.69, 9.17) is 19.9 Å². The van der Waals surface area contributed by atoms with Crippen molar-refractivity contribution < 1.29 is 23.8 Å². The Morgan fingerprint density at radius 2 is 1.68 bits per heavy atom. The Bertz CT molecular complexity index is 870. The van der Waals surface area contributed by atoms with Crippen LogP contribution in [0.4, 0.5) is 0 Å². The van der Waals surface area contributed by atoms with Crippen LogP contribution in [-0.4, -0.2) is 99.4 Å². The summed E-state index contributed by atoms with van der Waals surface area (Å²) in [7, 11) is 5.33.